The average molecular weight is 271 g/mol. The number of esters is 1. The Balaban J connectivity index is 2.14. The molecule has 0 aliphatic heterocycles. The molecule has 0 unspecified atom stereocenters. The van der Waals surface area contributed by atoms with Crippen LogP contribution in [0, 0.1) is 0 Å². The first-order valence-corrected chi connectivity index (χ1v) is 6.69. The summed E-state index contributed by atoms with van der Waals surface area (Å²) in [5.74, 6) is 0.951. The third-order valence-electron chi connectivity index (χ3n) is 3.69. The lowest BCUT2D eigenvalue weighted by atomic mass is 10.0. The van der Waals surface area contributed by atoms with Gasteiger partial charge in [0.1, 0.15) is 5.75 Å². The molecular weight excluding hydrogens is 254 g/mol. The third kappa shape index (κ3) is 2.07. The van der Waals surface area contributed by atoms with Crippen molar-refractivity contribution in [3.8, 4) is 17.0 Å². The van der Waals surface area contributed by atoms with Crippen LogP contribution < -0.4 is 4.74 Å². The van der Waals surface area contributed by atoms with Gasteiger partial charge in [-0.25, -0.2) is 4.79 Å². The maximum absolute atomic E-state index is 11.9. The van der Waals surface area contributed by atoms with Crippen molar-refractivity contribution in [1.82, 2.24) is 4.98 Å². The first-order chi connectivity index (χ1) is 9.76. The second-order valence-electron chi connectivity index (χ2n) is 4.96. The Morgan fingerprint density at radius 3 is 2.65 bits per heavy atom. The molecule has 0 atom stereocenters. The molecule has 104 valence electrons. The monoisotopic (exact) mass is 271 g/mol. The molecule has 1 aromatic heterocycles. The number of hydrogen-bond donors (Lipinski definition) is 1. The SMILES string of the molecule is COC(=O)c1c[nH]c(-c2ccccc2OC)c1C1CC1. The Hall–Kier alpha value is -2.23. The van der Waals surface area contributed by atoms with Crippen molar-refractivity contribution in [2.75, 3.05) is 14.2 Å². The van der Waals surface area contributed by atoms with Gasteiger partial charge in [-0.15, -0.1) is 0 Å². The van der Waals surface area contributed by atoms with E-state index in [1.54, 1.807) is 13.3 Å². The molecule has 2 aromatic rings. The van der Waals surface area contributed by atoms with Gasteiger partial charge in [0.05, 0.1) is 25.5 Å². The van der Waals surface area contributed by atoms with Crippen molar-refractivity contribution < 1.29 is 14.3 Å². The molecule has 0 bridgehead atoms. The second-order valence-corrected chi connectivity index (χ2v) is 4.96. The fourth-order valence-electron chi connectivity index (χ4n) is 2.58. The molecule has 0 amide bonds. The van der Waals surface area contributed by atoms with Gasteiger partial charge >= 0.3 is 5.97 Å². The van der Waals surface area contributed by atoms with E-state index in [9.17, 15) is 4.79 Å². The standard InChI is InChI=1S/C16H17NO3/c1-19-13-6-4-3-5-11(13)15-14(10-7-8-10)12(9-17-15)16(18)20-2/h3-6,9-10,17H,7-8H2,1-2H3. The summed E-state index contributed by atoms with van der Waals surface area (Å²) in [4.78, 5) is 15.1. The number of aromatic nitrogens is 1. The summed E-state index contributed by atoms with van der Waals surface area (Å²) >= 11 is 0. The molecule has 3 rings (SSSR count). The van der Waals surface area contributed by atoms with Gasteiger partial charge in [-0.05, 0) is 36.5 Å². The number of carbonyl (C=O) groups is 1. The third-order valence-corrected chi connectivity index (χ3v) is 3.69. The number of H-pyrrole nitrogens is 1. The zero-order valence-electron chi connectivity index (χ0n) is 11.6. The van der Waals surface area contributed by atoms with E-state index >= 15 is 0 Å². The fraction of sp³-hybridized carbons (Fsp3) is 0.312. The van der Waals surface area contributed by atoms with Crippen LogP contribution in [-0.4, -0.2) is 25.2 Å². The number of para-hydroxylation sites is 1. The Kier molecular flexibility index (Phi) is 3.22. The molecule has 0 spiro atoms. The molecular formula is C16H17NO3. The van der Waals surface area contributed by atoms with Crippen LogP contribution in [0.5, 0.6) is 5.75 Å². The van der Waals surface area contributed by atoms with E-state index in [0.29, 0.717) is 11.5 Å². The topological polar surface area (TPSA) is 51.3 Å². The smallest absolute Gasteiger partial charge is 0.339 e. The highest BCUT2D eigenvalue weighted by atomic mass is 16.5. The van der Waals surface area contributed by atoms with Crippen LogP contribution in [0.15, 0.2) is 30.5 Å². The van der Waals surface area contributed by atoms with Gasteiger partial charge in [0.25, 0.3) is 0 Å². The van der Waals surface area contributed by atoms with Crippen molar-refractivity contribution in [3.05, 3.63) is 41.6 Å². The number of aromatic amines is 1. The first-order valence-electron chi connectivity index (χ1n) is 6.69. The summed E-state index contributed by atoms with van der Waals surface area (Å²) in [6, 6.07) is 7.82. The van der Waals surface area contributed by atoms with Crippen molar-refractivity contribution in [3.63, 3.8) is 0 Å². The molecule has 4 heteroatoms. The van der Waals surface area contributed by atoms with Crippen LogP contribution in [0.1, 0.15) is 34.7 Å². The predicted octanol–water partition coefficient (Wildman–Crippen LogP) is 3.35. The van der Waals surface area contributed by atoms with Crippen LogP contribution >= 0.6 is 0 Å². The van der Waals surface area contributed by atoms with E-state index in [0.717, 1.165) is 35.4 Å². The van der Waals surface area contributed by atoms with E-state index in [-0.39, 0.29) is 5.97 Å². The highest BCUT2D eigenvalue weighted by Gasteiger charge is 2.33. The molecule has 1 aliphatic carbocycles. The summed E-state index contributed by atoms with van der Waals surface area (Å²) in [5.41, 5.74) is 3.63. The molecule has 4 nitrogen and oxygen atoms in total. The van der Waals surface area contributed by atoms with E-state index in [1.807, 2.05) is 24.3 Å². The minimum absolute atomic E-state index is 0.288. The molecule has 0 radical (unpaired) electrons. The number of carbonyl (C=O) groups excluding carboxylic acids is 1. The highest BCUT2D eigenvalue weighted by molar-refractivity contribution is 5.94. The molecule has 0 saturated heterocycles. The maximum Gasteiger partial charge on any atom is 0.339 e. The van der Waals surface area contributed by atoms with E-state index < -0.39 is 0 Å². The Bertz CT molecular complexity index is 641. The summed E-state index contributed by atoms with van der Waals surface area (Å²) in [5, 5.41) is 0. The number of methoxy groups -OCH3 is 2. The summed E-state index contributed by atoms with van der Waals surface area (Å²) < 4.78 is 10.3. The van der Waals surface area contributed by atoms with E-state index in [2.05, 4.69) is 4.98 Å². The quantitative estimate of drug-likeness (QED) is 0.867. The van der Waals surface area contributed by atoms with Crippen LogP contribution in [0.4, 0.5) is 0 Å². The first kappa shape index (κ1) is 12.8. The van der Waals surface area contributed by atoms with Crippen molar-refractivity contribution in [1.29, 1.82) is 0 Å². The summed E-state index contributed by atoms with van der Waals surface area (Å²) in [6.45, 7) is 0. The maximum atomic E-state index is 11.9. The number of benzene rings is 1. The van der Waals surface area contributed by atoms with Crippen molar-refractivity contribution >= 4 is 5.97 Å². The minimum atomic E-state index is -0.288. The van der Waals surface area contributed by atoms with Gasteiger partial charge in [-0.1, -0.05) is 12.1 Å². The van der Waals surface area contributed by atoms with Gasteiger partial charge in [-0.3, -0.25) is 0 Å². The van der Waals surface area contributed by atoms with Crippen LogP contribution in [0.3, 0.4) is 0 Å². The van der Waals surface area contributed by atoms with Gasteiger partial charge in [0.15, 0.2) is 0 Å². The molecule has 20 heavy (non-hydrogen) atoms. The Labute approximate surface area is 117 Å². The summed E-state index contributed by atoms with van der Waals surface area (Å²) in [7, 11) is 3.06. The lowest BCUT2D eigenvalue weighted by Crippen LogP contribution is -2.03. The van der Waals surface area contributed by atoms with E-state index in [4.69, 9.17) is 9.47 Å². The summed E-state index contributed by atoms with van der Waals surface area (Å²) in [6.07, 6.45) is 3.97. The van der Waals surface area contributed by atoms with Gasteiger partial charge in [0.2, 0.25) is 0 Å². The van der Waals surface area contributed by atoms with Gasteiger partial charge in [0, 0.05) is 11.8 Å². The fourth-order valence-corrected chi connectivity index (χ4v) is 2.58. The second kappa shape index (κ2) is 5.04. The van der Waals surface area contributed by atoms with Crippen LogP contribution in [0.2, 0.25) is 0 Å². The normalized spacial score (nSPS) is 14.1. The lowest BCUT2D eigenvalue weighted by molar-refractivity contribution is 0.0600. The van der Waals surface area contributed by atoms with Crippen LogP contribution in [0.25, 0.3) is 11.3 Å². The number of ether oxygens (including phenoxy) is 2. The molecule has 1 heterocycles. The predicted molar refractivity (Wildman–Crippen MR) is 76.1 cm³/mol. The number of nitrogens with one attached hydrogen (secondary N) is 1. The zero-order valence-corrected chi connectivity index (χ0v) is 11.6. The molecule has 1 N–H and O–H groups in total. The number of rotatable bonds is 4. The van der Waals surface area contributed by atoms with Crippen LogP contribution in [-0.2, 0) is 4.74 Å². The molecule has 1 aromatic carbocycles. The Morgan fingerprint density at radius 2 is 2.00 bits per heavy atom. The average Bonchev–Trinajstić information content (AvgIpc) is 3.25. The largest absolute Gasteiger partial charge is 0.496 e. The zero-order chi connectivity index (χ0) is 14.1. The van der Waals surface area contributed by atoms with Gasteiger partial charge < -0.3 is 14.5 Å². The molecule has 1 fully saturated rings. The molecule has 1 aliphatic rings. The highest BCUT2D eigenvalue weighted by Crippen LogP contribution is 2.47. The minimum Gasteiger partial charge on any atom is -0.496 e. The molecule has 1 saturated carbocycles. The van der Waals surface area contributed by atoms with Crippen molar-refractivity contribution in [2.45, 2.75) is 18.8 Å². The van der Waals surface area contributed by atoms with Gasteiger partial charge in [-0.2, -0.15) is 0 Å². The number of hydrogen-bond acceptors (Lipinski definition) is 3. The Morgan fingerprint density at radius 1 is 1.25 bits per heavy atom. The van der Waals surface area contributed by atoms with Crippen molar-refractivity contribution in [2.24, 2.45) is 0 Å². The van der Waals surface area contributed by atoms with E-state index in [1.165, 1.54) is 7.11 Å². The lowest BCUT2D eigenvalue weighted by Gasteiger charge is -2.09.